The third-order valence-corrected chi connectivity index (χ3v) is 3.81. The quantitative estimate of drug-likeness (QED) is 0.771. The highest BCUT2D eigenvalue weighted by molar-refractivity contribution is 6.37. The molecule has 2 aromatic rings. The van der Waals surface area contributed by atoms with Gasteiger partial charge in [0.25, 0.3) is 0 Å². The number of aliphatic hydroxyl groups excluding tert-OH is 1. The molecule has 0 radical (unpaired) electrons. The topological polar surface area (TPSA) is 37.3 Å². The van der Waals surface area contributed by atoms with Crippen molar-refractivity contribution in [3.63, 3.8) is 0 Å². The van der Waals surface area contributed by atoms with Crippen molar-refractivity contribution in [3.05, 3.63) is 67.6 Å². The molecule has 0 aliphatic heterocycles. The van der Waals surface area contributed by atoms with Gasteiger partial charge in [-0.05, 0) is 30.3 Å². The van der Waals surface area contributed by atoms with Crippen molar-refractivity contribution in [1.29, 1.82) is 0 Å². The van der Waals surface area contributed by atoms with Crippen molar-refractivity contribution in [2.45, 2.75) is 6.10 Å². The van der Waals surface area contributed by atoms with E-state index in [-0.39, 0.29) is 21.2 Å². The zero-order valence-electron chi connectivity index (χ0n) is 9.91. The largest absolute Gasteiger partial charge is 0.380 e. The fraction of sp³-hybridized carbons (Fsp3) is 0.0714. The number of hydrogen-bond donors (Lipinski definition) is 1. The normalized spacial score (nSPS) is 12.2. The van der Waals surface area contributed by atoms with Crippen molar-refractivity contribution >= 4 is 52.2 Å². The number of hydrogen-bond acceptors (Lipinski definition) is 2. The monoisotopic (exact) mass is 348 g/mol. The number of aliphatic hydroxyl groups is 1. The van der Waals surface area contributed by atoms with Gasteiger partial charge in [0.2, 0.25) is 0 Å². The highest BCUT2D eigenvalue weighted by Gasteiger charge is 2.23. The maximum atomic E-state index is 12.2. The Morgan fingerprint density at radius 3 is 2.00 bits per heavy atom. The van der Waals surface area contributed by atoms with Gasteiger partial charge in [-0.1, -0.05) is 52.5 Å². The van der Waals surface area contributed by atoms with Crippen LogP contribution >= 0.6 is 46.4 Å². The van der Waals surface area contributed by atoms with Gasteiger partial charge in [0.1, 0.15) is 6.10 Å². The molecule has 0 aliphatic rings. The van der Waals surface area contributed by atoms with Crippen LogP contribution in [0.3, 0.4) is 0 Å². The number of carbonyl (C=O) groups excluding carboxylic acids is 1. The van der Waals surface area contributed by atoms with Crippen molar-refractivity contribution in [1.82, 2.24) is 0 Å². The standard InChI is InChI=1S/C14H8Cl4O2/c15-7-1-3-9(11(17)5-7)13(19)14(20)10-4-2-8(16)6-12(10)18/h1-6,13,19H. The smallest absolute Gasteiger partial charge is 0.197 e. The van der Waals surface area contributed by atoms with E-state index in [1.807, 2.05) is 0 Å². The Kier molecular flexibility index (Phi) is 4.95. The lowest BCUT2D eigenvalue weighted by Gasteiger charge is -2.13. The van der Waals surface area contributed by atoms with E-state index in [0.717, 1.165) is 0 Å². The number of Topliss-reactive ketones (excluding diaryl/α,β-unsaturated/α-hetero) is 1. The molecule has 104 valence electrons. The minimum atomic E-state index is -1.42. The molecule has 6 heteroatoms. The Morgan fingerprint density at radius 2 is 1.45 bits per heavy atom. The first-order valence-corrected chi connectivity index (χ1v) is 7.03. The summed E-state index contributed by atoms with van der Waals surface area (Å²) in [5.74, 6) is -0.559. The molecule has 0 saturated carbocycles. The van der Waals surface area contributed by atoms with Gasteiger partial charge in [-0.15, -0.1) is 0 Å². The average molecular weight is 350 g/mol. The summed E-state index contributed by atoms with van der Waals surface area (Å²) in [5, 5.41) is 11.4. The summed E-state index contributed by atoms with van der Waals surface area (Å²) < 4.78 is 0. The molecule has 0 aromatic heterocycles. The lowest BCUT2D eigenvalue weighted by molar-refractivity contribution is 0.0748. The van der Waals surface area contributed by atoms with Crippen LogP contribution in [0.4, 0.5) is 0 Å². The molecule has 2 rings (SSSR count). The fourth-order valence-corrected chi connectivity index (χ4v) is 2.71. The van der Waals surface area contributed by atoms with Crippen molar-refractivity contribution < 1.29 is 9.90 Å². The van der Waals surface area contributed by atoms with Crippen LogP contribution in [-0.2, 0) is 0 Å². The van der Waals surface area contributed by atoms with Crippen LogP contribution in [0.15, 0.2) is 36.4 Å². The first-order chi connectivity index (χ1) is 9.40. The molecular formula is C14H8Cl4O2. The zero-order valence-corrected chi connectivity index (χ0v) is 12.9. The van der Waals surface area contributed by atoms with Crippen LogP contribution in [0.25, 0.3) is 0 Å². The predicted molar refractivity (Wildman–Crippen MR) is 82.2 cm³/mol. The number of ketones is 1. The lowest BCUT2D eigenvalue weighted by atomic mass is 10.00. The zero-order chi connectivity index (χ0) is 14.9. The molecule has 0 spiro atoms. The van der Waals surface area contributed by atoms with E-state index in [4.69, 9.17) is 46.4 Å². The molecule has 0 fully saturated rings. The SMILES string of the molecule is O=C(c1ccc(Cl)cc1Cl)C(O)c1ccc(Cl)cc1Cl. The van der Waals surface area contributed by atoms with Crippen LogP contribution in [0.5, 0.6) is 0 Å². The van der Waals surface area contributed by atoms with Gasteiger partial charge in [0.15, 0.2) is 5.78 Å². The first kappa shape index (κ1) is 15.6. The van der Waals surface area contributed by atoms with Crippen molar-refractivity contribution in [2.24, 2.45) is 0 Å². The predicted octanol–water partition coefficient (Wildman–Crippen LogP) is 5.22. The van der Waals surface area contributed by atoms with Gasteiger partial charge < -0.3 is 5.11 Å². The van der Waals surface area contributed by atoms with E-state index in [2.05, 4.69) is 0 Å². The lowest BCUT2D eigenvalue weighted by Crippen LogP contribution is -2.13. The molecule has 1 unspecified atom stereocenters. The molecule has 0 aliphatic carbocycles. The van der Waals surface area contributed by atoms with Gasteiger partial charge in [-0.3, -0.25) is 4.79 Å². The molecule has 0 bridgehead atoms. The van der Waals surface area contributed by atoms with Gasteiger partial charge in [-0.2, -0.15) is 0 Å². The third kappa shape index (κ3) is 3.27. The summed E-state index contributed by atoms with van der Waals surface area (Å²) in [6.45, 7) is 0. The van der Waals surface area contributed by atoms with Crippen LogP contribution < -0.4 is 0 Å². The number of halogens is 4. The van der Waals surface area contributed by atoms with Gasteiger partial charge >= 0.3 is 0 Å². The number of benzene rings is 2. The fourth-order valence-electron chi connectivity index (χ4n) is 1.70. The Morgan fingerprint density at radius 1 is 0.900 bits per heavy atom. The maximum absolute atomic E-state index is 12.2. The molecule has 0 heterocycles. The number of rotatable bonds is 3. The molecule has 20 heavy (non-hydrogen) atoms. The van der Waals surface area contributed by atoms with Gasteiger partial charge in [-0.25, -0.2) is 0 Å². The first-order valence-electron chi connectivity index (χ1n) is 5.52. The number of carbonyl (C=O) groups is 1. The van der Waals surface area contributed by atoms with Crippen LogP contribution in [-0.4, -0.2) is 10.9 Å². The molecule has 0 saturated heterocycles. The van der Waals surface area contributed by atoms with Crippen molar-refractivity contribution in [2.75, 3.05) is 0 Å². The Labute approximate surface area is 135 Å². The molecular weight excluding hydrogens is 342 g/mol. The van der Waals surface area contributed by atoms with E-state index in [1.165, 1.54) is 30.3 Å². The van der Waals surface area contributed by atoms with Crippen LogP contribution in [0, 0.1) is 0 Å². The molecule has 1 atom stereocenters. The van der Waals surface area contributed by atoms with E-state index in [0.29, 0.717) is 10.0 Å². The second-order valence-electron chi connectivity index (χ2n) is 4.06. The summed E-state index contributed by atoms with van der Waals surface area (Å²) in [4.78, 5) is 12.2. The third-order valence-electron chi connectivity index (χ3n) is 2.70. The minimum absolute atomic E-state index is 0.173. The van der Waals surface area contributed by atoms with E-state index >= 15 is 0 Å². The van der Waals surface area contributed by atoms with E-state index < -0.39 is 11.9 Å². The Hall–Kier alpha value is -0.770. The second kappa shape index (κ2) is 6.33. The van der Waals surface area contributed by atoms with Gasteiger partial charge in [0, 0.05) is 26.2 Å². The second-order valence-corrected chi connectivity index (χ2v) is 5.74. The molecule has 2 nitrogen and oxygen atoms in total. The summed E-state index contributed by atoms with van der Waals surface area (Å²) in [6.07, 6.45) is -1.42. The summed E-state index contributed by atoms with van der Waals surface area (Å²) in [7, 11) is 0. The average Bonchev–Trinajstić information content (AvgIpc) is 2.37. The maximum Gasteiger partial charge on any atom is 0.197 e. The minimum Gasteiger partial charge on any atom is -0.380 e. The summed E-state index contributed by atoms with van der Waals surface area (Å²) >= 11 is 23.5. The molecule has 0 amide bonds. The van der Waals surface area contributed by atoms with Gasteiger partial charge in [0.05, 0.1) is 5.02 Å². The van der Waals surface area contributed by atoms with E-state index in [9.17, 15) is 9.90 Å². The summed E-state index contributed by atoms with van der Waals surface area (Å²) in [5.41, 5.74) is 0.446. The Bertz CT molecular complexity index is 670. The van der Waals surface area contributed by atoms with Crippen LogP contribution in [0.2, 0.25) is 20.1 Å². The van der Waals surface area contributed by atoms with E-state index in [1.54, 1.807) is 6.07 Å². The highest BCUT2D eigenvalue weighted by atomic mass is 35.5. The van der Waals surface area contributed by atoms with Crippen LogP contribution in [0.1, 0.15) is 22.0 Å². The highest BCUT2D eigenvalue weighted by Crippen LogP contribution is 2.30. The summed E-state index contributed by atoms with van der Waals surface area (Å²) in [6, 6.07) is 8.92. The molecule has 2 aromatic carbocycles. The van der Waals surface area contributed by atoms with Crippen molar-refractivity contribution in [3.8, 4) is 0 Å². The molecule has 1 N–H and O–H groups in total. The Balaban J connectivity index is 2.37.